The maximum atomic E-state index is 12.7. The second kappa shape index (κ2) is 5.91. The van der Waals surface area contributed by atoms with Crippen molar-refractivity contribution < 1.29 is 18.7 Å². The van der Waals surface area contributed by atoms with E-state index in [-0.39, 0.29) is 12.2 Å². The molecule has 0 atom stereocenters. The van der Waals surface area contributed by atoms with Crippen molar-refractivity contribution in [1.29, 1.82) is 0 Å². The lowest BCUT2D eigenvalue weighted by molar-refractivity contribution is -0.141. The van der Waals surface area contributed by atoms with E-state index < -0.39 is 17.7 Å². The molecule has 2 rings (SSSR count). The number of pyridine rings is 1. The van der Waals surface area contributed by atoms with E-state index in [1.807, 2.05) is 0 Å². The molecule has 8 heteroatoms. The van der Waals surface area contributed by atoms with Crippen molar-refractivity contribution in [1.82, 2.24) is 14.8 Å². The van der Waals surface area contributed by atoms with Crippen molar-refractivity contribution in [2.75, 3.05) is 12.4 Å². The molecule has 0 spiro atoms. The van der Waals surface area contributed by atoms with Crippen LogP contribution in [0.2, 0.25) is 0 Å². The summed E-state index contributed by atoms with van der Waals surface area (Å²) in [5, 5.41) is 6.42. The molecule has 0 radical (unpaired) electrons. The summed E-state index contributed by atoms with van der Waals surface area (Å²) in [6.45, 7) is -0.0544. The number of esters is 1. The van der Waals surface area contributed by atoms with Gasteiger partial charge in [0.25, 0.3) is 5.91 Å². The molecule has 0 saturated carbocycles. The molecule has 2 aromatic heterocycles. The summed E-state index contributed by atoms with van der Waals surface area (Å²) in [4.78, 5) is 26.5. The number of nitrogens with one attached hydrogen (secondary N) is 1. The minimum absolute atomic E-state index is 0.0544. The number of anilines is 1. The van der Waals surface area contributed by atoms with E-state index >= 15 is 0 Å². The third kappa shape index (κ3) is 3.37. The number of nitrogens with zero attached hydrogens (tertiary/aromatic N) is 3. The van der Waals surface area contributed by atoms with E-state index in [0.717, 1.165) is 12.3 Å². The van der Waals surface area contributed by atoms with Gasteiger partial charge in [-0.1, -0.05) is 0 Å². The molecule has 2 heterocycles. The molecular formula is C12H11FN4O3. The maximum absolute atomic E-state index is 12.7. The highest BCUT2D eigenvalue weighted by Crippen LogP contribution is 2.07. The number of hydrogen-bond donors (Lipinski definition) is 1. The van der Waals surface area contributed by atoms with Gasteiger partial charge < -0.3 is 10.1 Å². The van der Waals surface area contributed by atoms with E-state index in [9.17, 15) is 14.0 Å². The molecule has 104 valence electrons. The van der Waals surface area contributed by atoms with Crippen LogP contribution in [0.25, 0.3) is 0 Å². The molecular weight excluding hydrogens is 267 g/mol. The highest BCUT2D eigenvalue weighted by atomic mass is 19.1. The Morgan fingerprint density at radius 3 is 2.85 bits per heavy atom. The topological polar surface area (TPSA) is 86.1 Å². The average molecular weight is 278 g/mol. The van der Waals surface area contributed by atoms with E-state index in [1.54, 1.807) is 0 Å². The maximum Gasteiger partial charge on any atom is 0.327 e. The summed E-state index contributed by atoms with van der Waals surface area (Å²) in [5.74, 6) is -1.47. The molecule has 0 saturated heterocycles. The van der Waals surface area contributed by atoms with Crippen molar-refractivity contribution in [2.45, 2.75) is 6.54 Å². The molecule has 2 aromatic rings. The summed E-state index contributed by atoms with van der Waals surface area (Å²) < 4.78 is 18.5. The normalized spacial score (nSPS) is 10.1. The van der Waals surface area contributed by atoms with Gasteiger partial charge in [-0.25, -0.2) is 9.37 Å². The summed E-state index contributed by atoms with van der Waals surface area (Å²) in [5.41, 5.74) is 0.470. The Morgan fingerprint density at radius 1 is 1.40 bits per heavy atom. The zero-order chi connectivity index (χ0) is 14.5. The van der Waals surface area contributed by atoms with Crippen molar-refractivity contribution in [3.05, 3.63) is 42.2 Å². The van der Waals surface area contributed by atoms with E-state index in [1.165, 1.54) is 30.3 Å². The first-order valence-electron chi connectivity index (χ1n) is 5.60. The van der Waals surface area contributed by atoms with Crippen LogP contribution in [0.4, 0.5) is 10.1 Å². The third-order valence-corrected chi connectivity index (χ3v) is 2.37. The van der Waals surface area contributed by atoms with Crippen LogP contribution < -0.4 is 5.32 Å². The van der Waals surface area contributed by atoms with Crippen molar-refractivity contribution in [3.63, 3.8) is 0 Å². The molecule has 0 aromatic carbocycles. The van der Waals surface area contributed by atoms with E-state index in [2.05, 4.69) is 20.1 Å². The monoisotopic (exact) mass is 278 g/mol. The average Bonchev–Trinajstić information content (AvgIpc) is 2.86. The van der Waals surface area contributed by atoms with Crippen LogP contribution in [-0.4, -0.2) is 33.8 Å². The Morgan fingerprint density at radius 2 is 2.20 bits per heavy atom. The number of amides is 1. The minimum Gasteiger partial charge on any atom is -0.468 e. The molecule has 0 unspecified atom stereocenters. The van der Waals surface area contributed by atoms with Crippen molar-refractivity contribution in [3.8, 4) is 0 Å². The van der Waals surface area contributed by atoms with Crippen LogP contribution in [0.3, 0.4) is 0 Å². The number of carbonyl (C=O) groups is 2. The summed E-state index contributed by atoms with van der Waals surface area (Å²) >= 11 is 0. The first-order chi connectivity index (χ1) is 9.58. The number of aromatic nitrogens is 3. The van der Waals surface area contributed by atoms with Crippen LogP contribution in [0.15, 0.2) is 30.7 Å². The van der Waals surface area contributed by atoms with Gasteiger partial charge in [-0.15, -0.1) is 0 Å². The molecule has 0 aliphatic heterocycles. The quantitative estimate of drug-likeness (QED) is 0.838. The van der Waals surface area contributed by atoms with Crippen LogP contribution in [0.5, 0.6) is 0 Å². The molecule has 1 amide bonds. The molecule has 7 nitrogen and oxygen atoms in total. The van der Waals surface area contributed by atoms with Gasteiger partial charge in [0.1, 0.15) is 18.1 Å². The molecule has 0 aliphatic carbocycles. The number of methoxy groups -OCH3 is 1. The Balaban J connectivity index is 2.01. The number of rotatable bonds is 4. The van der Waals surface area contributed by atoms with Gasteiger partial charge in [0.15, 0.2) is 0 Å². The molecule has 0 bridgehead atoms. The van der Waals surface area contributed by atoms with Gasteiger partial charge in [-0.2, -0.15) is 5.10 Å². The minimum atomic E-state index is -0.521. The van der Waals surface area contributed by atoms with Crippen molar-refractivity contribution >= 4 is 17.6 Å². The first kappa shape index (κ1) is 13.7. The molecule has 20 heavy (non-hydrogen) atoms. The van der Waals surface area contributed by atoms with Gasteiger partial charge in [-0.05, 0) is 12.1 Å². The SMILES string of the molecule is COC(=O)Cn1cc(NC(=O)c2ccc(F)cn2)cn1. The molecule has 1 N–H and O–H groups in total. The van der Waals surface area contributed by atoms with Gasteiger partial charge in [-0.3, -0.25) is 14.3 Å². The summed E-state index contributed by atoms with van der Waals surface area (Å²) in [7, 11) is 1.27. The highest BCUT2D eigenvalue weighted by molar-refractivity contribution is 6.02. The van der Waals surface area contributed by atoms with Crippen LogP contribution in [0, 0.1) is 5.82 Å². The van der Waals surface area contributed by atoms with Gasteiger partial charge >= 0.3 is 5.97 Å². The first-order valence-corrected chi connectivity index (χ1v) is 5.60. The largest absolute Gasteiger partial charge is 0.468 e. The summed E-state index contributed by atoms with van der Waals surface area (Å²) in [6.07, 6.45) is 3.80. The summed E-state index contributed by atoms with van der Waals surface area (Å²) in [6, 6.07) is 2.41. The zero-order valence-corrected chi connectivity index (χ0v) is 10.5. The van der Waals surface area contributed by atoms with Crippen molar-refractivity contribution in [2.24, 2.45) is 0 Å². The lowest BCUT2D eigenvalue weighted by atomic mass is 10.3. The van der Waals surface area contributed by atoms with E-state index in [0.29, 0.717) is 5.69 Å². The number of carbonyl (C=O) groups excluding carboxylic acids is 2. The fraction of sp³-hybridized carbons (Fsp3) is 0.167. The predicted molar refractivity (Wildman–Crippen MR) is 66.4 cm³/mol. The fourth-order valence-electron chi connectivity index (χ4n) is 1.42. The Bertz CT molecular complexity index is 624. The van der Waals surface area contributed by atoms with Crippen LogP contribution in [-0.2, 0) is 16.1 Å². The standard InChI is InChI=1S/C12H11FN4O3/c1-20-11(18)7-17-6-9(5-15-17)16-12(19)10-3-2-8(13)4-14-10/h2-6H,7H2,1H3,(H,16,19). The Hall–Kier alpha value is -2.77. The predicted octanol–water partition coefficient (Wildman–Crippen LogP) is 0.843. The third-order valence-electron chi connectivity index (χ3n) is 2.37. The molecule has 0 fully saturated rings. The fourth-order valence-corrected chi connectivity index (χ4v) is 1.42. The Kier molecular flexibility index (Phi) is 4.04. The smallest absolute Gasteiger partial charge is 0.327 e. The molecule has 0 aliphatic rings. The van der Waals surface area contributed by atoms with Gasteiger partial charge in [0.05, 0.1) is 25.2 Å². The second-order valence-corrected chi connectivity index (χ2v) is 3.82. The zero-order valence-electron chi connectivity index (χ0n) is 10.5. The number of ether oxygens (including phenoxy) is 1. The lowest BCUT2D eigenvalue weighted by Gasteiger charge is -2.01. The highest BCUT2D eigenvalue weighted by Gasteiger charge is 2.10. The number of hydrogen-bond acceptors (Lipinski definition) is 5. The van der Waals surface area contributed by atoms with E-state index in [4.69, 9.17) is 0 Å². The van der Waals surface area contributed by atoms with Gasteiger partial charge in [0.2, 0.25) is 0 Å². The lowest BCUT2D eigenvalue weighted by Crippen LogP contribution is -2.14. The van der Waals surface area contributed by atoms with Crippen LogP contribution in [0.1, 0.15) is 10.5 Å². The Labute approximate surface area is 113 Å². The van der Waals surface area contributed by atoms with Gasteiger partial charge in [0, 0.05) is 6.20 Å². The number of halogens is 1. The van der Waals surface area contributed by atoms with Crippen LogP contribution >= 0.6 is 0 Å². The second-order valence-electron chi connectivity index (χ2n) is 3.82.